The first-order valence-electron chi connectivity index (χ1n) is 8.12. The smallest absolute Gasteiger partial charge is 0.409 e. The number of hydrogen-bond donors (Lipinski definition) is 2. The Labute approximate surface area is 147 Å². The van der Waals surface area contributed by atoms with E-state index in [-0.39, 0.29) is 19.3 Å². The number of ether oxygens (including phenoxy) is 4. The molecule has 8 nitrogen and oxygen atoms in total. The lowest BCUT2D eigenvalue weighted by Gasteiger charge is -2.22. The van der Waals surface area contributed by atoms with Crippen LogP contribution in [0.4, 0.5) is 9.59 Å². The van der Waals surface area contributed by atoms with Gasteiger partial charge in [-0.15, -0.1) is 0 Å². The highest BCUT2D eigenvalue weighted by Crippen LogP contribution is 2.30. The van der Waals surface area contributed by atoms with Crippen LogP contribution in [0.1, 0.15) is 39.4 Å². The van der Waals surface area contributed by atoms with E-state index in [2.05, 4.69) is 10.6 Å². The summed E-state index contributed by atoms with van der Waals surface area (Å²) < 4.78 is 20.7. The lowest BCUT2D eigenvalue weighted by molar-refractivity contribution is 0.134. The van der Waals surface area contributed by atoms with Gasteiger partial charge in [0.05, 0.1) is 26.4 Å². The Morgan fingerprint density at radius 2 is 1.56 bits per heavy atom. The number of amides is 2. The molecule has 8 heteroatoms. The maximum atomic E-state index is 11.8. The van der Waals surface area contributed by atoms with Crippen molar-refractivity contribution in [2.24, 2.45) is 0 Å². The lowest BCUT2D eigenvalue weighted by Crippen LogP contribution is -2.41. The van der Waals surface area contributed by atoms with Crippen LogP contribution in [-0.2, 0) is 9.47 Å². The van der Waals surface area contributed by atoms with Gasteiger partial charge in [-0.2, -0.15) is 0 Å². The van der Waals surface area contributed by atoms with Crippen LogP contribution in [0.2, 0.25) is 0 Å². The molecule has 0 atom stereocenters. The summed E-state index contributed by atoms with van der Waals surface area (Å²) >= 11 is 0. The van der Waals surface area contributed by atoms with Gasteiger partial charge in [-0.25, -0.2) is 9.59 Å². The fraction of sp³-hybridized carbons (Fsp3) is 0.529. The van der Waals surface area contributed by atoms with Gasteiger partial charge in [-0.3, -0.25) is 10.6 Å². The first kappa shape index (κ1) is 20.4. The second-order valence-electron chi connectivity index (χ2n) is 5.24. The molecule has 0 aromatic heterocycles. The van der Waals surface area contributed by atoms with E-state index in [1.807, 2.05) is 13.8 Å². The fourth-order valence-electron chi connectivity index (χ4n) is 2.00. The molecule has 0 unspecified atom stereocenters. The Balaban J connectivity index is 3.09. The molecule has 0 saturated heterocycles. The molecule has 0 radical (unpaired) electrons. The number of alkyl carbamates (subject to hydrolysis) is 2. The predicted molar refractivity (Wildman–Crippen MR) is 91.8 cm³/mol. The van der Waals surface area contributed by atoms with Crippen LogP contribution in [-0.4, -0.2) is 38.6 Å². The summed E-state index contributed by atoms with van der Waals surface area (Å²) in [6, 6.07) is 5.08. The van der Waals surface area contributed by atoms with E-state index in [9.17, 15) is 9.59 Å². The Bertz CT molecular complexity index is 556. The molecule has 1 aromatic rings. The lowest BCUT2D eigenvalue weighted by atomic mass is 10.1. The minimum atomic E-state index is -0.849. The minimum absolute atomic E-state index is 0.0707. The highest BCUT2D eigenvalue weighted by Gasteiger charge is 2.20. The topological polar surface area (TPSA) is 95.1 Å². The Hall–Kier alpha value is -2.64. The molecule has 0 aliphatic rings. The van der Waals surface area contributed by atoms with Crippen molar-refractivity contribution in [3.63, 3.8) is 0 Å². The van der Waals surface area contributed by atoms with E-state index >= 15 is 0 Å². The average molecular weight is 354 g/mol. The van der Waals surface area contributed by atoms with Gasteiger partial charge >= 0.3 is 12.2 Å². The molecule has 25 heavy (non-hydrogen) atoms. The van der Waals surface area contributed by atoms with Crippen LogP contribution >= 0.6 is 0 Å². The van der Waals surface area contributed by atoms with Crippen LogP contribution in [0.3, 0.4) is 0 Å². The summed E-state index contributed by atoms with van der Waals surface area (Å²) in [7, 11) is 1.54. The third kappa shape index (κ3) is 6.78. The van der Waals surface area contributed by atoms with E-state index in [4.69, 9.17) is 18.9 Å². The van der Waals surface area contributed by atoms with Crippen molar-refractivity contribution in [1.82, 2.24) is 10.6 Å². The van der Waals surface area contributed by atoms with Crippen molar-refractivity contribution in [3.8, 4) is 11.5 Å². The summed E-state index contributed by atoms with van der Waals surface area (Å²) in [6.45, 7) is 7.57. The van der Waals surface area contributed by atoms with Gasteiger partial charge in [0.1, 0.15) is 6.17 Å². The summed E-state index contributed by atoms with van der Waals surface area (Å²) in [5.74, 6) is 1.04. The summed E-state index contributed by atoms with van der Waals surface area (Å²) in [5, 5.41) is 5.14. The number of hydrogen-bond acceptors (Lipinski definition) is 6. The van der Waals surface area contributed by atoms with Crippen molar-refractivity contribution in [1.29, 1.82) is 0 Å². The second kappa shape index (κ2) is 10.3. The summed E-state index contributed by atoms with van der Waals surface area (Å²) in [5.41, 5.74) is 0.581. The van der Waals surface area contributed by atoms with Crippen molar-refractivity contribution in [3.05, 3.63) is 23.8 Å². The molecular formula is C17H26N2O6. The normalized spacial score (nSPS) is 10.4. The summed E-state index contributed by atoms with van der Waals surface area (Å²) in [4.78, 5) is 23.5. The molecule has 1 aromatic carbocycles. The maximum absolute atomic E-state index is 11.8. The molecule has 140 valence electrons. The van der Waals surface area contributed by atoms with Crippen LogP contribution in [0.15, 0.2) is 18.2 Å². The highest BCUT2D eigenvalue weighted by atomic mass is 16.6. The van der Waals surface area contributed by atoms with Gasteiger partial charge in [0.25, 0.3) is 0 Å². The molecule has 2 amide bonds. The van der Waals surface area contributed by atoms with Crippen LogP contribution < -0.4 is 20.1 Å². The Morgan fingerprint density at radius 3 is 2.00 bits per heavy atom. The van der Waals surface area contributed by atoms with Gasteiger partial charge < -0.3 is 18.9 Å². The molecule has 0 spiro atoms. The molecule has 0 aliphatic heterocycles. The average Bonchev–Trinajstić information content (AvgIpc) is 2.54. The van der Waals surface area contributed by atoms with Gasteiger partial charge in [-0.05, 0) is 45.4 Å². The number of carbonyl (C=O) groups is 2. The molecule has 0 aliphatic carbocycles. The third-order valence-corrected chi connectivity index (χ3v) is 2.96. The molecule has 0 fully saturated rings. The number of benzene rings is 1. The zero-order valence-corrected chi connectivity index (χ0v) is 15.3. The molecule has 0 saturated carbocycles. The van der Waals surface area contributed by atoms with Crippen LogP contribution in [0.5, 0.6) is 11.5 Å². The van der Waals surface area contributed by atoms with E-state index in [1.165, 1.54) is 7.11 Å². The molecule has 0 heterocycles. The van der Waals surface area contributed by atoms with Gasteiger partial charge in [0.15, 0.2) is 11.5 Å². The Morgan fingerprint density at radius 1 is 1.00 bits per heavy atom. The molecule has 1 rings (SSSR count). The number of nitrogens with one attached hydrogen (secondary N) is 2. The molecule has 0 bridgehead atoms. The van der Waals surface area contributed by atoms with Crippen molar-refractivity contribution >= 4 is 12.2 Å². The number of carbonyl (C=O) groups excluding carboxylic acids is 2. The van der Waals surface area contributed by atoms with Crippen LogP contribution in [0, 0.1) is 0 Å². The van der Waals surface area contributed by atoms with Crippen molar-refractivity contribution < 1.29 is 28.5 Å². The predicted octanol–water partition coefficient (Wildman–Crippen LogP) is 2.97. The van der Waals surface area contributed by atoms with E-state index in [0.717, 1.165) is 0 Å². The number of rotatable bonds is 8. The van der Waals surface area contributed by atoms with Crippen molar-refractivity contribution in [2.75, 3.05) is 20.3 Å². The largest absolute Gasteiger partial charge is 0.493 e. The maximum Gasteiger partial charge on any atom is 0.409 e. The van der Waals surface area contributed by atoms with Crippen molar-refractivity contribution in [2.45, 2.75) is 40.0 Å². The van der Waals surface area contributed by atoms with Gasteiger partial charge in [0, 0.05) is 0 Å². The third-order valence-electron chi connectivity index (χ3n) is 2.96. The van der Waals surface area contributed by atoms with Gasteiger partial charge in [-0.1, -0.05) is 6.07 Å². The van der Waals surface area contributed by atoms with Crippen LogP contribution in [0.25, 0.3) is 0 Å². The molecular weight excluding hydrogens is 328 g/mol. The Kier molecular flexibility index (Phi) is 8.38. The fourth-order valence-corrected chi connectivity index (χ4v) is 2.00. The molecule has 2 N–H and O–H groups in total. The first-order chi connectivity index (χ1) is 11.9. The second-order valence-corrected chi connectivity index (χ2v) is 5.24. The quantitative estimate of drug-likeness (QED) is 0.697. The highest BCUT2D eigenvalue weighted by molar-refractivity contribution is 5.71. The zero-order chi connectivity index (χ0) is 18.8. The van der Waals surface area contributed by atoms with Gasteiger partial charge in [0.2, 0.25) is 0 Å². The summed E-state index contributed by atoms with van der Waals surface area (Å²) in [6.07, 6.45) is -2.24. The minimum Gasteiger partial charge on any atom is -0.493 e. The SMILES string of the molecule is CCOC(=O)NC(NC(=O)OCC)c1ccc(OC)c(OC(C)C)c1. The zero-order valence-electron chi connectivity index (χ0n) is 15.3. The monoisotopic (exact) mass is 354 g/mol. The standard InChI is InChI=1S/C17H26N2O6/c1-6-23-16(20)18-15(19-17(21)24-7-2)12-8-9-13(22-5)14(10-12)25-11(3)4/h8-11,15H,6-7H2,1-5H3,(H,18,20)(H,19,21). The first-order valence-corrected chi connectivity index (χ1v) is 8.12. The number of methoxy groups -OCH3 is 1. The van der Waals surface area contributed by atoms with E-state index in [0.29, 0.717) is 17.1 Å². The van der Waals surface area contributed by atoms with E-state index < -0.39 is 18.4 Å². The van der Waals surface area contributed by atoms with E-state index in [1.54, 1.807) is 32.0 Å².